The zero-order valence-electron chi connectivity index (χ0n) is 11.6. The van der Waals surface area contributed by atoms with Crippen molar-refractivity contribution in [2.24, 2.45) is 0 Å². The Morgan fingerprint density at radius 2 is 1.67 bits per heavy atom. The van der Waals surface area contributed by atoms with Crippen LogP contribution in [0.25, 0.3) is 0 Å². The highest BCUT2D eigenvalue weighted by atomic mass is 16.5. The number of ether oxygens (including phenoxy) is 2. The highest BCUT2D eigenvalue weighted by Gasteiger charge is 2.02. The van der Waals surface area contributed by atoms with Crippen LogP contribution in [0.5, 0.6) is 11.5 Å². The smallest absolute Gasteiger partial charge is 0.161 e. The number of hydrogen-bond donors (Lipinski definition) is 1. The van der Waals surface area contributed by atoms with E-state index in [1.165, 1.54) is 19.3 Å². The molecular formula is C15H25NO2. The van der Waals surface area contributed by atoms with Gasteiger partial charge in [-0.05, 0) is 32.0 Å². The van der Waals surface area contributed by atoms with E-state index in [0.29, 0.717) is 13.2 Å². The molecule has 1 N–H and O–H groups in total. The first-order chi connectivity index (χ1) is 8.88. The van der Waals surface area contributed by atoms with Crippen molar-refractivity contribution in [3.8, 4) is 11.5 Å². The molecule has 3 nitrogen and oxygen atoms in total. The third kappa shape index (κ3) is 5.92. The van der Waals surface area contributed by atoms with Crippen LogP contribution in [0.3, 0.4) is 0 Å². The van der Waals surface area contributed by atoms with E-state index >= 15 is 0 Å². The minimum atomic E-state index is 0.662. The van der Waals surface area contributed by atoms with Crippen LogP contribution in [0.4, 0.5) is 0 Å². The highest BCUT2D eigenvalue weighted by molar-refractivity contribution is 5.39. The van der Waals surface area contributed by atoms with Gasteiger partial charge in [-0.15, -0.1) is 0 Å². The third-order valence-corrected chi connectivity index (χ3v) is 2.64. The van der Waals surface area contributed by atoms with Gasteiger partial charge in [-0.2, -0.15) is 0 Å². The summed E-state index contributed by atoms with van der Waals surface area (Å²) in [6, 6.07) is 7.81. The van der Waals surface area contributed by atoms with Crippen LogP contribution >= 0.6 is 0 Å². The zero-order valence-corrected chi connectivity index (χ0v) is 11.6. The van der Waals surface area contributed by atoms with E-state index < -0.39 is 0 Å². The van der Waals surface area contributed by atoms with Crippen LogP contribution < -0.4 is 14.8 Å². The van der Waals surface area contributed by atoms with Gasteiger partial charge in [0.25, 0.3) is 0 Å². The molecule has 0 unspecified atom stereocenters. The summed E-state index contributed by atoms with van der Waals surface area (Å²) in [6.45, 7) is 7.49. The van der Waals surface area contributed by atoms with Gasteiger partial charge >= 0.3 is 0 Å². The zero-order chi connectivity index (χ0) is 13.1. The van der Waals surface area contributed by atoms with Crippen molar-refractivity contribution in [3.05, 3.63) is 24.3 Å². The SMILES string of the molecule is CCCCCNCCOc1ccccc1OCC. The molecule has 0 bridgehead atoms. The van der Waals surface area contributed by atoms with Crippen LogP contribution in [-0.2, 0) is 0 Å². The van der Waals surface area contributed by atoms with Crippen LogP contribution in [0.2, 0.25) is 0 Å². The third-order valence-electron chi connectivity index (χ3n) is 2.64. The van der Waals surface area contributed by atoms with E-state index in [-0.39, 0.29) is 0 Å². The molecule has 1 aromatic carbocycles. The van der Waals surface area contributed by atoms with E-state index in [4.69, 9.17) is 9.47 Å². The summed E-state index contributed by atoms with van der Waals surface area (Å²) >= 11 is 0. The molecule has 0 spiro atoms. The van der Waals surface area contributed by atoms with Gasteiger partial charge in [0.1, 0.15) is 6.61 Å². The molecule has 0 aliphatic heterocycles. The lowest BCUT2D eigenvalue weighted by Gasteiger charge is -2.11. The van der Waals surface area contributed by atoms with Crippen molar-refractivity contribution in [2.45, 2.75) is 33.1 Å². The fourth-order valence-corrected chi connectivity index (χ4v) is 1.70. The Bertz CT molecular complexity index is 315. The molecule has 3 heteroatoms. The fraction of sp³-hybridized carbons (Fsp3) is 0.600. The molecule has 0 fully saturated rings. The minimum Gasteiger partial charge on any atom is -0.490 e. The van der Waals surface area contributed by atoms with Gasteiger partial charge in [0.05, 0.1) is 6.61 Å². The molecule has 0 aliphatic carbocycles. The van der Waals surface area contributed by atoms with Gasteiger partial charge in [0.2, 0.25) is 0 Å². The Morgan fingerprint density at radius 3 is 2.33 bits per heavy atom. The van der Waals surface area contributed by atoms with Crippen molar-refractivity contribution in [1.82, 2.24) is 5.32 Å². The van der Waals surface area contributed by atoms with Crippen LogP contribution in [0.15, 0.2) is 24.3 Å². The lowest BCUT2D eigenvalue weighted by molar-refractivity contribution is 0.275. The van der Waals surface area contributed by atoms with Crippen LogP contribution in [0, 0.1) is 0 Å². The number of para-hydroxylation sites is 2. The lowest BCUT2D eigenvalue weighted by Crippen LogP contribution is -2.22. The Balaban J connectivity index is 2.18. The van der Waals surface area contributed by atoms with Gasteiger partial charge in [-0.3, -0.25) is 0 Å². The van der Waals surface area contributed by atoms with Gasteiger partial charge in [0, 0.05) is 6.54 Å². The van der Waals surface area contributed by atoms with Gasteiger partial charge < -0.3 is 14.8 Å². The van der Waals surface area contributed by atoms with Crippen LogP contribution in [0.1, 0.15) is 33.1 Å². The summed E-state index contributed by atoms with van der Waals surface area (Å²) in [7, 11) is 0. The first-order valence-corrected chi connectivity index (χ1v) is 6.93. The molecule has 0 aliphatic rings. The maximum Gasteiger partial charge on any atom is 0.161 e. The van der Waals surface area contributed by atoms with Gasteiger partial charge in [-0.1, -0.05) is 31.9 Å². The van der Waals surface area contributed by atoms with Crippen molar-refractivity contribution in [3.63, 3.8) is 0 Å². The number of nitrogens with one attached hydrogen (secondary N) is 1. The lowest BCUT2D eigenvalue weighted by atomic mass is 10.2. The second-order valence-corrected chi connectivity index (χ2v) is 4.19. The number of unbranched alkanes of at least 4 members (excludes halogenated alkanes) is 2. The number of benzene rings is 1. The van der Waals surface area contributed by atoms with E-state index in [1.54, 1.807) is 0 Å². The molecule has 1 rings (SSSR count). The molecule has 0 saturated heterocycles. The molecule has 0 saturated carbocycles. The predicted molar refractivity (Wildman–Crippen MR) is 75.5 cm³/mol. The molecular weight excluding hydrogens is 226 g/mol. The van der Waals surface area contributed by atoms with Crippen LogP contribution in [-0.4, -0.2) is 26.3 Å². The molecule has 18 heavy (non-hydrogen) atoms. The first kappa shape index (κ1) is 14.8. The Kier molecular flexibility index (Phi) is 8.06. The average molecular weight is 251 g/mol. The van der Waals surface area contributed by atoms with Crippen molar-refractivity contribution >= 4 is 0 Å². The van der Waals surface area contributed by atoms with Gasteiger partial charge in [0.15, 0.2) is 11.5 Å². The summed E-state index contributed by atoms with van der Waals surface area (Å²) in [6.07, 6.45) is 3.80. The molecule has 1 aromatic rings. The van der Waals surface area contributed by atoms with Crippen molar-refractivity contribution in [1.29, 1.82) is 0 Å². The van der Waals surface area contributed by atoms with Crippen molar-refractivity contribution in [2.75, 3.05) is 26.3 Å². The fourth-order valence-electron chi connectivity index (χ4n) is 1.70. The Labute approximate surface area is 110 Å². The van der Waals surface area contributed by atoms with E-state index in [2.05, 4.69) is 12.2 Å². The Morgan fingerprint density at radius 1 is 0.944 bits per heavy atom. The van der Waals surface area contributed by atoms with Gasteiger partial charge in [-0.25, -0.2) is 0 Å². The van der Waals surface area contributed by atoms with Crippen molar-refractivity contribution < 1.29 is 9.47 Å². The molecule has 0 heterocycles. The van der Waals surface area contributed by atoms with E-state index in [1.807, 2.05) is 31.2 Å². The Hall–Kier alpha value is -1.22. The topological polar surface area (TPSA) is 30.5 Å². The molecule has 0 radical (unpaired) electrons. The number of hydrogen-bond acceptors (Lipinski definition) is 3. The number of rotatable bonds is 10. The molecule has 0 amide bonds. The second-order valence-electron chi connectivity index (χ2n) is 4.19. The summed E-state index contributed by atoms with van der Waals surface area (Å²) < 4.78 is 11.2. The maximum absolute atomic E-state index is 5.71. The molecule has 0 atom stereocenters. The summed E-state index contributed by atoms with van der Waals surface area (Å²) in [5.74, 6) is 1.65. The highest BCUT2D eigenvalue weighted by Crippen LogP contribution is 2.25. The maximum atomic E-state index is 5.71. The first-order valence-electron chi connectivity index (χ1n) is 6.93. The van der Waals surface area contributed by atoms with E-state index in [9.17, 15) is 0 Å². The predicted octanol–water partition coefficient (Wildman–Crippen LogP) is 3.24. The average Bonchev–Trinajstić information content (AvgIpc) is 2.40. The molecule has 0 aromatic heterocycles. The second kappa shape index (κ2) is 9.77. The summed E-state index contributed by atoms with van der Waals surface area (Å²) in [4.78, 5) is 0. The normalized spacial score (nSPS) is 10.3. The molecule has 102 valence electrons. The minimum absolute atomic E-state index is 0.662. The monoisotopic (exact) mass is 251 g/mol. The summed E-state index contributed by atoms with van der Waals surface area (Å²) in [5.41, 5.74) is 0. The largest absolute Gasteiger partial charge is 0.490 e. The summed E-state index contributed by atoms with van der Waals surface area (Å²) in [5, 5.41) is 3.38. The standard InChI is InChI=1S/C15H25NO2/c1-3-5-8-11-16-12-13-18-15-10-7-6-9-14(15)17-4-2/h6-7,9-10,16H,3-5,8,11-13H2,1-2H3. The van der Waals surface area contributed by atoms with E-state index in [0.717, 1.165) is 24.6 Å². The quantitative estimate of drug-likeness (QED) is 0.648.